The highest BCUT2D eigenvalue weighted by molar-refractivity contribution is 7.26. The lowest BCUT2D eigenvalue weighted by atomic mass is 9.96. The topological polar surface area (TPSA) is 18.1 Å². The zero-order valence-electron chi connectivity index (χ0n) is 25.4. The van der Waals surface area contributed by atoms with Gasteiger partial charge in [-0.2, -0.15) is 0 Å². The number of benzene rings is 7. The zero-order chi connectivity index (χ0) is 30.9. The highest BCUT2D eigenvalue weighted by Crippen LogP contribution is 2.46. The van der Waals surface area contributed by atoms with Gasteiger partial charge in [-0.3, -0.25) is 0 Å². The number of rotatable bonds is 4. The lowest BCUT2D eigenvalue weighted by Gasteiger charge is -2.11. The number of para-hydroxylation sites is 2. The summed E-state index contributed by atoms with van der Waals surface area (Å²) in [5, 5.41) is 4.86. The van der Waals surface area contributed by atoms with Crippen LogP contribution in [0.3, 0.4) is 0 Å². The molecule has 0 N–H and O–H groups in total. The first-order chi connectivity index (χ1) is 23.3. The summed E-state index contributed by atoms with van der Waals surface area (Å²) in [6.45, 7) is 0. The van der Waals surface area contributed by atoms with E-state index >= 15 is 0 Å². The van der Waals surface area contributed by atoms with Crippen LogP contribution in [0.15, 0.2) is 168 Å². The molecule has 0 saturated carbocycles. The lowest BCUT2D eigenvalue weighted by Crippen LogP contribution is -1.93. The van der Waals surface area contributed by atoms with Crippen molar-refractivity contribution in [2.45, 2.75) is 0 Å². The molecule has 0 aliphatic heterocycles. The van der Waals surface area contributed by atoms with Crippen molar-refractivity contribution in [3.63, 3.8) is 0 Å². The molecular weight excluding hydrogens is 591 g/mol. The molecule has 0 radical (unpaired) electrons. The maximum Gasteiger partial charge on any atom is 0.161 e. The van der Waals surface area contributed by atoms with Gasteiger partial charge in [0.25, 0.3) is 0 Å². The number of nitrogens with zero attached hydrogens (tertiary/aromatic N) is 1. The second kappa shape index (κ2) is 10.3. The third-order valence-corrected chi connectivity index (χ3v) is 10.7. The van der Waals surface area contributed by atoms with Crippen LogP contribution in [-0.2, 0) is 0 Å². The largest absolute Gasteiger partial charge is 0.454 e. The van der Waals surface area contributed by atoms with E-state index in [2.05, 4.69) is 168 Å². The second-order valence-electron chi connectivity index (χ2n) is 12.1. The Kier molecular flexibility index (Phi) is 5.78. The van der Waals surface area contributed by atoms with E-state index in [0.29, 0.717) is 0 Å². The molecule has 10 aromatic rings. The van der Waals surface area contributed by atoms with E-state index in [1.165, 1.54) is 48.0 Å². The Bertz CT molecular complexity index is 2780. The average molecular weight is 618 g/mol. The van der Waals surface area contributed by atoms with E-state index in [-0.39, 0.29) is 0 Å². The first-order valence-corrected chi connectivity index (χ1v) is 16.8. The SMILES string of the molecule is c1ccc(-c2cccc3c2sc2c(-c4cccc(-c5cccc6oc7c8ccccc8n(-c8ccccc8)c7c56)c4)cccc23)cc1. The minimum atomic E-state index is 0.897. The van der Waals surface area contributed by atoms with Crippen molar-refractivity contribution in [1.29, 1.82) is 0 Å². The van der Waals surface area contributed by atoms with Gasteiger partial charge >= 0.3 is 0 Å². The summed E-state index contributed by atoms with van der Waals surface area (Å²) in [6, 6.07) is 58.7. The monoisotopic (exact) mass is 617 g/mol. The molecule has 0 fully saturated rings. The van der Waals surface area contributed by atoms with Crippen molar-refractivity contribution in [2.24, 2.45) is 0 Å². The highest BCUT2D eigenvalue weighted by atomic mass is 32.1. The van der Waals surface area contributed by atoms with E-state index in [1.54, 1.807) is 0 Å². The smallest absolute Gasteiger partial charge is 0.161 e. The molecule has 0 aliphatic rings. The summed E-state index contributed by atoms with van der Waals surface area (Å²) in [4.78, 5) is 0. The molecule has 220 valence electrons. The van der Waals surface area contributed by atoms with Crippen LogP contribution < -0.4 is 0 Å². The van der Waals surface area contributed by atoms with E-state index in [4.69, 9.17) is 4.42 Å². The minimum Gasteiger partial charge on any atom is -0.454 e. The molecule has 2 nitrogen and oxygen atoms in total. The molecule has 3 heteroatoms. The van der Waals surface area contributed by atoms with Crippen molar-refractivity contribution in [2.75, 3.05) is 0 Å². The maximum atomic E-state index is 6.66. The van der Waals surface area contributed by atoms with Gasteiger partial charge in [0.15, 0.2) is 5.58 Å². The quantitative estimate of drug-likeness (QED) is 0.192. The molecule has 0 atom stereocenters. The molecule has 0 spiro atoms. The van der Waals surface area contributed by atoms with Crippen LogP contribution in [0.5, 0.6) is 0 Å². The van der Waals surface area contributed by atoms with Crippen LogP contribution >= 0.6 is 11.3 Å². The van der Waals surface area contributed by atoms with E-state index < -0.39 is 0 Å². The van der Waals surface area contributed by atoms with Crippen LogP contribution in [-0.4, -0.2) is 4.57 Å². The molecule has 3 heterocycles. The van der Waals surface area contributed by atoms with Gasteiger partial charge in [0.2, 0.25) is 0 Å². The molecule has 3 aromatic heterocycles. The third-order valence-electron chi connectivity index (χ3n) is 9.41. The standard InChI is InChI=1S/C44H27NOS/c1-3-13-28(14-4-1)33-21-10-23-35-36-24-11-22-34(44(36)47-43(33)35)30-16-9-15-29(27-30)32-20-12-26-39-40(32)41-42(46-39)37-19-7-8-25-38(37)45(41)31-17-5-2-6-18-31/h1-27H. The summed E-state index contributed by atoms with van der Waals surface area (Å²) in [5.41, 5.74) is 12.5. The number of fused-ring (bicyclic) bond motifs is 8. The van der Waals surface area contributed by atoms with Gasteiger partial charge in [0.1, 0.15) is 11.1 Å². The Morgan fingerprint density at radius 1 is 0.447 bits per heavy atom. The van der Waals surface area contributed by atoms with Crippen LogP contribution in [0.1, 0.15) is 0 Å². The Balaban J connectivity index is 1.20. The Labute approximate surface area is 275 Å². The van der Waals surface area contributed by atoms with Gasteiger partial charge in [-0.15, -0.1) is 11.3 Å². The zero-order valence-corrected chi connectivity index (χ0v) is 26.2. The average Bonchev–Trinajstić information content (AvgIpc) is 3.81. The van der Waals surface area contributed by atoms with Gasteiger partial charge in [-0.25, -0.2) is 0 Å². The van der Waals surface area contributed by atoms with Gasteiger partial charge in [0, 0.05) is 31.2 Å². The van der Waals surface area contributed by atoms with Crippen molar-refractivity contribution >= 4 is 64.5 Å². The summed E-state index contributed by atoms with van der Waals surface area (Å²) in [7, 11) is 0. The fourth-order valence-electron chi connectivity index (χ4n) is 7.34. The lowest BCUT2D eigenvalue weighted by molar-refractivity contribution is 0.673. The molecule has 47 heavy (non-hydrogen) atoms. The molecule has 0 aliphatic carbocycles. The minimum absolute atomic E-state index is 0.897. The van der Waals surface area contributed by atoms with Crippen molar-refractivity contribution in [1.82, 2.24) is 4.57 Å². The fourth-order valence-corrected chi connectivity index (χ4v) is 8.71. The molecule has 10 rings (SSSR count). The third kappa shape index (κ3) is 3.97. The molecular formula is C44H27NOS. The van der Waals surface area contributed by atoms with Gasteiger partial charge in [0.05, 0.1) is 10.9 Å². The van der Waals surface area contributed by atoms with E-state index in [9.17, 15) is 0 Å². The molecule has 7 aromatic carbocycles. The van der Waals surface area contributed by atoms with Gasteiger partial charge in [-0.1, -0.05) is 127 Å². The Morgan fingerprint density at radius 2 is 1.00 bits per heavy atom. The normalized spacial score (nSPS) is 11.8. The second-order valence-corrected chi connectivity index (χ2v) is 13.1. The van der Waals surface area contributed by atoms with Crippen LogP contribution in [0.2, 0.25) is 0 Å². The van der Waals surface area contributed by atoms with Gasteiger partial charge < -0.3 is 8.98 Å². The molecule has 0 bridgehead atoms. The summed E-state index contributed by atoms with van der Waals surface area (Å²) in [5.74, 6) is 0. The van der Waals surface area contributed by atoms with Crippen LogP contribution in [0, 0.1) is 0 Å². The Morgan fingerprint density at radius 3 is 1.77 bits per heavy atom. The highest BCUT2D eigenvalue weighted by Gasteiger charge is 2.22. The molecule has 0 saturated heterocycles. The van der Waals surface area contributed by atoms with Crippen molar-refractivity contribution in [3.8, 4) is 39.1 Å². The van der Waals surface area contributed by atoms with Crippen LogP contribution in [0.25, 0.3) is 92.2 Å². The predicted molar refractivity (Wildman–Crippen MR) is 200 cm³/mol. The number of hydrogen-bond donors (Lipinski definition) is 0. The summed E-state index contributed by atoms with van der Waals surface area (Å²) >= 11 is 1.90. The number of furan rings is 1. The van der Waals surface area contributed by atoms with Crippen molar-refractivity contribution in [3.05, 3.63) is 164 Å². The van der Waals surface area contributed by atoms with Gasteiger partial charge in [-0.05, 0) is 69.8 Å². The number of hydrogen-bond acceptors (Lipinski definition) is 2. The summed E-state index contributed by atoms with van der Waals surface area (Å²) in [6.07, 6.45) is 0. The van der Waals surface area contributed by atoms with Crippen molar-refractivity contribution < 1.29 is 4.42 Å². The van der Waals surface area contributed by atoms with Crippen LogP contribution in [0.4, 0.5) is 0 Å². The molecule has 0 unspecified atom stereocenters. The predicted octanol–water partition coefficient (Wildman–Crippen LogP) is 12.9. The number of aromatic nitrogens is 1. The van der Waals surface area contributed by atoms with E-state index in [0.717, 1.165) is 44.2 Å². The molecule has 0 amide bonds. The first-order valence-electron chi connectivity index (χ1n) is 15.9. The fraction of sp³-hybridized carbons (Fsp3) is 0. The Hall–Kier alpha value is -5.90. The number of thiophene rings is 1. The maximum absolute atomic E-state index is 6.66. The first kappa shape index (κ1) is 26.3. The van der Waals surface area contributed by atoms with E-state index in [1.807, 2.05) is 11.3 Å². The summed E-state index contributed by atoms with van der Waals surface area (Å²) < 4.78 is 11.7.